The van der Waals surface area contributed by atoms with E-state index in [1.165, 1.54) is 24.0 Å². The molecular weight excluding hydrogens is 238 g/mol. The molecule has 2 unspecified atom stereocenters. The zero-order valence-electron chi connectivity index (χ0n) is 11.7. The van der Waals surface area contributed by atoms with Crippen molar-refractivity contribution in [2.45, 2.75) is 44.8 Å². The number of rotatable bonds is 5. The van der Waals surface area contributed by atoms with E-state index in [0.29, 0.717) is 12.1 Å². The summed E-state index contributed by atoms with van der Waals surface area (Å²) < 4.78 is 11.2. The van der Waals surface area contributed by atoms with Gasteiger partial charge in [-0.05, 0) is 49.9 Å². The molecule has 104 valence electrons. The van der Waals surface area contributed by atoms with Gasteiger partial charge in [-0.2, -0.15) is 0 Å². The maximum Gasteiger partial charge on any atom is 0.122 e. The van der Waals surface area contributed by atoms with Crippen molar-refractivity contribution >= 4 is 0 Å². The molecule has 0 aliphatic carbocycles. The van der Waals surface area contributed by atoms with E-state index < -0.39 is 0 Å². The summed E-state index contributed by atoms with van der Waals surface area (Å²) in [7, 11) is 0. The van der Waals surface area contributed by atoms with E-state index in [1.807, 2.05) is 0 Å². The highest BCUT2D eigenvalue weighted by atomic mass is 16.5. The maximum atomic E-state index is 5.70. The molecular formula is C16H23NO2. The fourth-order valence-corrected chi connectivity index (χ4v) is 2.97. The molecule has 0 saturated carbocycles. The van der Waals surface area contributed by atoms with E-state index in [4.69, 9.17) is 9.47 Å². The average molecular weight is 261 g/mol. The third-order valence-corrected chi connectivity index (χ3v) is 4.16. The predicted octanol–water partition coefficient (Wildman–Crippen LogP) is 2.32. The van der Waals surface area contributed by atoms with Crippen LogP contribution in [0.25, 0.3) is 0 Å². The number of hydrogen-bond donors (Lipinski definition) is 1. The molecule has 2 heterocycles. The third-order valence-electron chi connectivity index (χ3n) is 4.16. The molecule has 3 rings (SSSR count). The molecule has 0 amide bonds. The Morgan fingerprint density at radius 2 is 2.32 bits per heavy atom. The van der Waals surface area contributed by atoms with E-state index in [0.717, 1.165) is 38.3 Å². The monoisotopic (exact) mass is 261 g/mol. The molecule has 19 heavy (non-hydrogen) atoms. The lowest BCUT2D eigenvalue weighted by Crippen LogP contribution is -2.38. The van der Waals surface area contributed by atoms with Crippen LogP contribution in [0.3, 0.4) is 0 Å². The van der Waals surface area contributed by atoms with Gasteiger partial charge in [0.15, 0.2) is 0 Å². The number of nitrogens with one attached hydrogen (secondary N) is 1. The Labute approximate surface area is 115 Å². The van der Waals surface area contributed by atoms with Crippen LogP contribution in [0.5, 0.6) is 5.75 Å². The summed E-state index contributed by atoms with van der Waals surface area (Å²) in [5.41, 5.74) is 2.76. The van der Waals surface area contributed by atoms with Crippen LogP contribution in [0, 0.1) is 0 Å². The summed E-state index contributed by atoms with van der Waals surface area (Å²) in [6.07, 6.45) is 4.95. The molecule has 3 heteroatoms. The Bertz CT molecular complexity index is 427. The molecule has 0 bridgehead atoms. The molecule has 2 atom stereocenters. The quantitative estimate of drug-likeness (QED) is 0.882. The first kappa shape index (κ1) is 12.9. The topological polar surface area (TPSA) is 30.5 Å². The summed E-state index contributed by atoms with van der Waals surface area (Å²) in [5.74, 6) is 1.07. The predicted molar refractivity (Wildman–Crippen MR) is 75.8 cm³/mol. The minimum absolute atomic E-state index is 0.411. The van der Waals surface area contributed by atoms with Crippen molar-refractivity contribution in [1.29, 1.82) is 0 Å². The fraction of sp³-hybridized carbons (Fsp3) is 0.625. The van der Waals surface area contributed by atoms with E-state index in [9.17, 15) is 0 Å². The highest BCUT2D eigenvalue weighted by Crippen LogP contribution is 2.25. The minimum atomic E-state index is 0.411. The van der Waals surface area contributed by atoms with Crippen LogP contribution in [0.4, 0.5) is 0 Å². The van der Waals surface area contributed by atoms with Crippen molar-refractivity contribution < 1.29 is 9.47 Å². The molecule has 1 aromatic rings. The van der Waals surface area contributed by atoms with Crippen LogP contribution >= 0.6 is 0 Å². The average Bonchev–Trinajstić information content (AvgIpc) is 3.09. The molecule has 0 radical (unpaired) electrons. The molecule has 2 aliphatic rings. The lowest BCUT2D eigenvalue weighted by Gasteiger charge is -2.20. The summed E-state index contributed by atoms with van der Waals surface area (Å²) in [5, 5.41) is 3.58. The Kier molecular flexibility index (Phi) is 4.04. The van der Waals surface area contributed by atoms with Gasteiger partial charge in [0.2, 0.25) is 0 Å². The van der Waals surface area contributed by atoms with Gasteiger partial charge in [0.1, 0.15) is 5.75 Å². The second-order valence-electron chi connectivity index (χ2n) is 5.58. The van der Waals surface area contributed by atoms with E-state index in [-0.39, 0.29) is 0 Å². The Morgan fingerprint density at radius 1 is 1.37 bits per heavy atom. The summed E-state index contributed by atoms with van der Waals surface area (Å²) in [4.78, 5) is 0. The summed E-state index contributed by atoms with van der Waals surface area (Å²) >= 11 is 0. The number of hydrogen-bond acceptors (Lipinski definition) is 3. The van der Waals surface area contributed by atoms with E-state index >= 15 is 0 Å². The van der Waals surface area contributed by atoms with Gasteiger partial charge in [0.25, 0.3) is 0 Å². The first-order chi connectivity index (χ1) is 9.33. The SMILES string of the molecule is CC(NCCc1ccc2c(c1)CCO2)C1CCCO1. The van der Waals surface area contributed by atoms with Crippen LogP contribution in [0.1, 0.15) is 30.9 Å². The molecule has 0 aromatic heterocycles. The van der Waals surface area contributed by atoms with Crippen LogP contribution in [0.2, 0.25) is 0 Å². The van der Waals surface area contributed by atoms with E-state index in [2.05, 4.69) is 30.4 Å². The van der Waals surface area contributed by atoms with Gasteiger partial charge in [-0.25, -0.2) is 0 Å². The molecule has 1 saturated heterocycles. The second-order valence-corrected chi connectivity index (χ2v) is 5.58. The van der Waals surface area contributed by atoms with Gasteiger partial charge in [-0.3, -0.25) is 0 Å². The summed E-state index contributed by atoms with van der Waals surface area (Å²) in [6, 6.07) is 7.05. The first-order valence-electron chi connectivity index (χ1n) is 7.42. The largest absolute Gasteiger partial charge is 0.493 e. The minimum Gasteiger partial charge on any atom is -0.493 e. The van der Waals surface area contributed by atoms with Crippen molar-refractivity contribution in [3.8, 4) is 5.75 Å². The van der Waals surface area contributed by atoms with Gasteiger partial charge in [-0.1, -0.05) is 12.1 Å². The molecule has 1 aromatic carbocycles. The van der Waals surface area contributed by atoms with Crippen molar-refractivity contribution in [1.82, 2.24) is 5.32 Å². The van der Waals surface area contributed by atoms with Crippen LogP contribution < -0.4 is 10.1 Å². The highest BCUT2D eigenvalue weighted by molar-refractivity contribution is 5.39. The Morgan fingerprint density at radius 3 is 3.16 bits per heavy atom. The normalized spacial score (nSPS) is 23.1. The smallest absolute Gasteiger partial charge is 0.122 e. The molecule has 1 N–H and O–H groups in total. The van der Waals surface area contributed by atoms with Gasteiger partial charge in [-0.15, -0.1) is 0 Å². The second kappa shape index (κ2) is 5.93. The van der Waals surface area contributed by atoms with E-state index in [1.54, 1.807) is 0 Å². The van der Waals surface area contributed by atoms with Crippen molar-refractivity contribution in [2.24, 2.45) is 0 Å². The van der Waals surface area contributed by atoms with Gasteiger partial charge in [0, 0.05) is 19.1 Å². The van der Waals surface area contributed by atoms with Crippen molar-refractivity contribution in [2.75, 3.05) is 19.8 Å². The lowest BCUT2D eigenvalue weighted by atomic mass is 10.1. The zero-order chi connectivity index (χ0) is 13.1. The van der Waals surface area contributed by atoms with Crippen LogP contribution in [-0.2, 0) is 17.6 Å². The third kappa shape index (κ3) is 3.10. The van der Waals surface area contributed by atoms with Crippen molar-refractivity contribution in [3.63, 3.8) is 0 Å². The molecule has 2 aliphatic heterocycles. The fourth-order valence-electron chi connectivity index (χ4n) is 2.97. The molecule has 0 spiro atoms. The Hall–Kier alpha value is -1.06. The molecule has 3 nitrogen and oxygen atoms in total. The maximum absolute atomic E-state index is 5.70. The number of ether oxygens (including phenoxy) is 2. The summed E-state index contributed by atoms with van der Waals surface area (Å²) in [6.45, 7) is 5.02. The van der Waals surface area contributed by atoms with Gasteiger partial charge < -0.3 is 14.8 Å². The zero-order valence-corrected chi connectivity index (χ0v) is 11.7. The van der Waals surface area contributed by atoms with Gasteiger partial charge in [0.05, 0.1) is 12.7 Å². The van der Waals surface area contributed by atoms with Gasteiger partial charge >= 0.3 is 0 Å². The lowest BCUT2D eigenvalue weighted by molar-refractivity contribution is 0.0839. The van der Waals surface area contributed by atoms with Crippen LogP contribution in [-0.4, -0.2) is 31.9 Å². The van der Waals surface area contributed by atoms with Crippen LogP contribution in [0.15, 0.2) is 18.2 Å². The van der Waals surface area contributed by atoms with Crippen molar-refractivity contribution in [3.05, 3.63) is 29.3 Å². The standard InChI is InChI=1S/C16H23NO2/c1-12(15-3-2-9-18-15)17-8-6-13-4-5-16-14(11-13)7-10-19-16/h4-5,11-12,15,17H,2-3,6-10H2,1H3. The number of benzene rings is 1. The number of fused-ring (bicyclic) bond motifs is 1. The Balaban J connectivity index is 1.47. The highest BCUT2D eigenvalue weighted by Gasteiger charge is 2.21. The first-order valence-corrected chi connectivity index (χ1v) is 7.42. The molecule has 1 fully saturated rings.